The van der Waals surface area contributed by atoms with Crippen molar-refractivity contribution in [2.24, 2.45) is 0 Å². The van der Waals surface area contributed by atoms with Crippen LogP contribution in [0.5, 0.6) is 5.75 Å². The number of carbonyl (C=O) groups is 2. The molecule has 2 amide bonds. The number of halogens is 8. The lowest BCUT2D eigenvalue weighted by Crippen LogP contribution is -2.42. The van der Waals surface area contributed by atoms with Gasteiger partial charge < -0.3 is 20.7 Å². The second kappa shape index (κ2) is 10.7. The van der Waals surface area contributed by atoms with Crippen molar-refractivity contribution in [3.8, 4) is 17.0 Å². The van der Waals surface area contributed by atoms with E-state index in [4.69, 9.17) is 5.73 Å². The smallest absolute Gasteiger partial charge is 0.405 e. The lowest BCUT2D eigenvalue weighted by Gasteiger charge is -2.19. The molecule has 0 unspecified atom stereocenters. The lowest BCUT2D eigenvalue weighted by atomic mass is 10.1. The highest BCUT2D eigenvalue weighted by atomic mass is 19.4. The van der Waals surface area contributed by atoms with Crippen LogP contribution in [0.25, 0.3) is 16.8 Å². The van der Waals surface area contributed by atoms with Gasteiger partial charge >= 0.3 is 12.5 Å². The van der Waals surface area contributed by atoms with Crippen LogP contribution in [-0.4, -0.2) is 63.0 Å². The van der Waals surface area contributed by atoms with Crippen molar-refractivity contribution in [1.29, 1.82) is 0 Å². The monoisotopic (exact) mass is 614 g/mol. The van der Waals surface area contributed by atoms with Crippen molar-refractivity contribution in [2.45, 2.75) is 24.8 Å². The fourth-order valence-electron chi connectivity index (χ4n) is 4.69. The number of nitrogens with two attached hydrogens (primary N) is 1. The van der Waals surface area contributed by atoms with Crippen molar-refractivity contribution >= 4 is 23.1 Å². The zero-order valence-electron chi connectivity index (χ0n) is 21.4. The van der Waals surface area contributed by atoms with E-state index in [1.54, 1.807) is 0 Å². The number of rotatable bonds is 5. The second-order valence-electron chi connectivity index (χ2n) is 9.39. The molecule has 0 radical (unpaired) electrons. The van der Waals surface area contributed by atoms with Crippen molar-refractivity contribution in [1.82, 2.24) is 24.8 Å². The summed E-state index contributed by atoms with van der Waals surface area (Å²) in [5.41, 5.74) is 2.08. The van der Waals surface area contributed by atoms with Gasteiger partial charge in [0.15, 0.2) is 5.82 Å². The molecule has 2 aromatic carbocycles. The number of fused-ring (bicyclic) bond motifs is 1. The molecule has 1 aliphatic heterocycles. The maximum Gasteiger partial charge on any atom is 0.573 e. The zero-order chi connectivity index (χ0) is 31.3. The summed E-state index contributed by atoms with van der Waals surface area (Å²) in [6.07, 6.45) is -11.2. The van der Waals surface area contributed by atoms with Crippen molar-refractivity contribution in [2.75, 3.05) is 18.8 Å². The van der Waals surface area contributed by atoms with Gasteiger partial charge in [-0.3, -0.25) is 9.59 Å². The van der Waals surface area contributed by atoms with Crippen LogP contribution in [-0.2, 0) is 6.18 Å². The number of carbonyl (C=O) groups excluding carboxylic acids is 2. The van der Waals surface area contributed by atoms with Gasteiger partial charge in [-0.05, 0) is 36.4 Å². The van der Waals surface area contributed by atoms with E-state index in [2.05, 4.69) is 20.1 Å². The molecule has 0 saturated carbocycles. The average Bonchev–Trinajstić information content (AvgIpc) is 3.50. The van der Waals surface area contributed by atoms with E-state index in [0.29, 0.717) is 12.1 Å². The minimum Gasteiger partial charge on any atom is -0.405 e. The van der Waals surface area contributed by atoms with E-state index < -0.39 is 83.7 Å². The Bertz CT molecular complexity index is 1720. The fourth-order valence-corrected chi connectivity index (χ4v) is 4.69. The van der Waals surface area contributed by atoms with Gasteiger partial charge in [0.05, 0.1) is 35.0 Å². The summed E-state index contributed by atoms with van der Waals surface area (Å²) in [5.74, 6) is -4.59. The number of anilines is 1. The summed E-state index contributed by atoms with van der Waals surface area (Å²) < 4.78 is 114. The first-order valence-corrected chi connectivity index (χ1v) is 12.2. The summed E-state index contributed by atoms with van der Waals surface area (Å²) in [5, 5.41) is 5.95. The number of benzene rings is 2. The van der Waals surface area contributed by atoms with E-state index >= 15 is 0 Å². The van der Waals surface area contributed by atoms with Crippen LogP contribution in [0, 0.1) is 5.82 Å². The number of amides is 2. The minimum atomic E-state index is -5.28. The summed E-state index contributed by atoms with van der Waals surface area (Å²) >= 11 is 0. The number of nitrogens with one attached hydrogen (secondary N) is 1. The van der Waals surface area contributed by atoms with Crippen LogP contribution in [0.3, 0.4) is 0 Å². The first-order chi connectivity index (χ1) is 20.1. The molecule has 0 bridgehead atoms. The molecule has 2 atom stereocenters. The molecule has 1 aliphatic rings. The molecule has 1 saturated heterocycles. The number of hydrogen-bond acceptors (Lipinski definition) is 6. The third kappa shape index (κ3) is 5.87. The van der Waals surface area contributed by atoms with Gasteiger partial charge in [-0.2, -0.15) is 18.3 Å². The van der Waals surface area contributed by atoms with Crippen LogP contribution >= 0.6 is 0 Å². The molecular formula is C26H18F8N6O3. The SMILES string of the molecule is Nc1ncnn2c(-c3ccc(OC(F)(F)F)c(C(=O)N[C@@H]4CN(C(=O)c5ccccc5F)C[C@@H]4F)c3)cc(C(F)(F)F)c12. The van der Waals surface area contributed by atoms with E-state index in [1.165, 1.54) is 18.2 Å². The van der Waals surface area contributed by atoms with Gasteiger partial charge in [0.1, 0.15) is 29.6 Å². The topological polar surface area (TPSA) is 115 Å². The van der Waals surface area contributed by atoms with Crippen molar-refractivity contribution < 1.29 is 49.4 Å². The largest absolute Gasteiger partial charge is 0.573 e. The van der Waals surface area contributed by atoms with Crippen molar-refractivity contribution in [3.05, 3.63) is 77.4 Å². The van der Waals surface area contributed by atoms with Crippen LogP contribution in [0.15, 0.2) is 54.9 Å². The average molecular weight is 614 g/mol. The van der Waals surface area contributed by atoms with Crippen LogP contribution < -0.4 is 15.8 Å². The van der Waals surface area contributed by atoms with Crippen LogP contribution in [0.2, 0.25) is 0 Å². The molecule has 4 aromatic rings. The summed E-state index contributed by atoms with van der Waals surface area (Å²) in [4.78, 5) is 30.4. The lowest BCUT2D eigenvalue weighted by molar-refractivity contribution is -0.274. The fraction of sp³-hybridized carbons (Fsp3) is 0.231. The molecule has 2 aromatic heterocycles. The number of alkyl halides is 7. The Kier molecular flexibility index (Phi) is 7.35. The van der Waals surface area contributed by atoms with E-state index in [9.17, 15) is 44.7 Å². The Balaban J connectivity index is 1.49. The van der Waals surface area contributed by atoms with Gasteiger partial charge in [0.25, 0.3) is 11.8 Å². The molecule has 0 aliphatic carbocycles. The van der Waals surface area contributed by atoms with Gasteiger partial charge in [0.2, 0.25) is 0 Å². The number of hydrogen-bond donors (Lipinski definition) is 2. The standard InChI is InChI=1S/C26H18F8N6O3/c27-16-4-2-1-3-13(16)24(42)39-9-17(28)18(10-39)38-23(41)14-7-12(5-6-20(14)43-26(32,33)34)19-8-15(25(29,30)31)21-22(35)36-11-37-40(19)21/h1-8,11,17-18H,9-10H2,(H,38,41)(H2,35,36,37)/t17-,18+/m0/s1. The molecular weight excluding hydrogens is 596 g/mol. The summed E-state index contributed by atoms with van der Waals surface area (Å²) in [6, 6.07) is 6.60. The van der Waals surface area contributed by atoms with Gasteiger partial charge in [-0.15, -0.1) is 13.2 Å². The minimum absolute atomic E-state index is 0.206. The highest BCUT2D eigenvalue weighted by Gasteiger charge is 2.40. The molecule has 226 valence electrons. The van der Waals surface area contributed by atoms with Gasteiger partial charge in [0, 0.05) is 12.1 Å². The highest BCUT2D eigenvalue weighted by molar-refractivity contribution is 5.99. The Labute approximate surface area is 235 Å². The summed E-state index contributed by atoms with van der Waals surface area (Å²) in [7, 11) is 0. The quantitative estimate of drug-likeness (QED) is 0.317. The predicted molar refractivity (Wildman–Crippen MR) is 133 cm³/mol. The Morgan fingerprint density at radius 3 is 2.40 bits per heavy atom. The molecule has 0 spiro atoms. The maximum absolute atomic E-state index is 14.9. The second-order valence-corrected chi connectivity index (χ2v) is 9.39. The number of nitrogens with zero attached hydrogens (tertiary/aromatic N) is 4. The Hall–Kier alpha value is -4.96. The van der Waals surface area contributed by atoms with E-state index in [1.807, 2.05) is 0 Å². The zero-order valence-corrected chi connectivity index (χ0v) is 21.4. The number of likely N-dealkylation sites (tertiary alicyclic amines) is 1. The highest BCUT2D eigenvalue weighted by Crippen LogP contribution is 2.39. The van der Waals surface area contributed by atoms with Gasteiger partial charge in [-0.1, -0.05) is 12.1 Å². The first kappa shape index (κ1) is 29.5. The van der Waals surface area contributed by atoms with E-state index in [-0.39, 0.29) is 16.8 Å². The Morgan fingerprint density at radius 1 is 1.00 bits per heavy atom. The van der Waals surface area contributed by atoms with E-state index in [0.717, 1.165) is 33.9 Å². The molecule has 3 N–H and O–H groups in total. The third-order valence-corrected chi connectivity index (χ3v) is 6.59. The molecule has 9 nitrogen and oxygen atoms in total. The molecule has 1 fully saturated rings. The number of nitrogen functional groups attached to an aromatic ring is 1. The molecule has 17 heteroatoms. The van der Waals surface area contributed by atoms with Crippen molar-refractivity contribution in [3.63, 3.8) is 0 Å². The number of aromatic nitrogens is 3. The number of ether oxygens (including phenoxy) is 1. The van der Waals surface area contributed by atoms with Crippen LogP contribution in [0.4, 0.5) is 40.9 Å². The predicted octanol–water partition coefficient (Wildman–Crippen LogP) is 4.63. The molecule has 5 rings (SSSR count). The van der Waals surface area contributed by atoms with Crippen LogP contribution in [0.1, 0.15) is 26.3 Å². The third-order valence-electron chi connectivity index (χ3n) is 6.59. The normalized spacial score (nSPS) is 17.3. The molecule has 43 heavy (non-hydrogen) atoms. The Morgan fingerprint density at radius 2 is 1.72 bits per heavy atom. The summed E-state index contributed by atoms with van der Waals surface area (Å²) in [6.45, 7) is -1.01. The maximum atomic E-state index is 14.9. The molecule has 3 heterocycles. The van der Waals surface area contributed by atoms with Gasteiger partial charge in [-0.25, -0.2) is 18.3 Å². The first-order valence-electron chi connectivity index (χ1n) is 12.2.